The van der Waals surface area contributed by atoms with E-state index in [1.54, 1.807) is 0 Å². The second kappa shape index (κ2) is 8.24. The number of ether oxygens (including phenoxy) is 1. The molecule has 1 N–H and O–H groups in total. The van der Waals surface area contributed by atoms with Gasteiger partial charge in [0.05, 0.1) is 10.5 Å². The van der Waals surface area contributed by atoms with Crippen molar-refractivity contribution >= 4 is 33.6 Å². The van der Waals surface area contributed by atoms with Gasteiger partial charge in [0, 0.05) is 22.9 Å². The number of halogens is 2. The summed E-state index contributed by atoms with van der Waals surface area (Å²) in [6.45, 7) is 0.872. The molecule has 0 saturated heterocycles. The van der Waals surface area contributed by atoms with Crippen LogP contribution >= 0.6 is 0 Å². The normalized spacial score (nSPS) is 10.2. The molecule has 0 aliphatic carbocycles. The first-order valence-electron chi connectivity index (χ1n) is 7.20. The Morgan fingerprint density at radius 1 is 1.27 bits per heavy atom. The number of hydrogen-bond donors (Lipinski definition) is 1. The van der Waals surface area contributed by atoms with Gasteiger partial charge in [0.1, 0.15) is 5.58 Å². The molecule has 26 heavy (non-hydrogen) atoms. The Morgan fingerprint density at radius 2 is 1.92 bits per heavy atom. The van der Waals surface area contributed by atoms with Crippen molar-refractivity contribution in [2.45, 2.75) is 27.9 Å². The van der Waals surface area contributed by atoms with Crippen LogP contribution in [0.3, 0.4) is 0 Å². The molecule has 0 saturated carbocycles. The van der Waals surface area contributed by atoms with Crippen LogP contribution in [0.5, 0.6) is 5.75 Å². The fourth-order valence-corrected chi connectivity index (χ4v) is 2.33. The lowest BCUT2D eigenvalue weighted by molar-refractivity contribution is -0.384. The number of alkyl halides is 2. The summed E-state index contributed by atoms with van der Waals surface area (Å²) < 4.78 is 34.6. The van der Waals surface area contributed by atoms with E-state index in [9.17, 15) is 28.8 Å². The van der Waals surface area contributed by atoms with Gasteiger partial charge in [-0.25, -0.2) is 4.79 Å². The third-order valence-corrected chi connectivity index (χ3v) is 3.22. The van der Waals surface area contributed by atoms with Gasteiger partial charge in [0.2, 0.25) is 0 Å². The first kappa shape index (κ1) is 20.8. The quantitative estimate of drug-likeness (QED) is 0.484. The van der Waals surface area contributed by atoms with E-state index in [2.05, 4.69) is 4.74 Å². The topological polar surface area (TPSA) is 103 Å². The van der Waals surface area contributed by atoms with Crippen LogP contribution in [0.15, 0.2) is 34.7 Å². The van der Waals surface area contributed by atoms with Crippen LogP contribution < -0.4 is 4.74 Å². The average Bonchev–Trinajstić information content (AvgIpc) is 2.95. The summed E-state index contributed by atoms with van der Waals surface area (Å²) in [4.78, 5) is 21.6. The molecule has 0 fully saturated rings. The second-order valence-electron chi connectivity index (χ2n) is 4.54. The monoisotopic (exact) mass is 369 g/mol. The lowest BCUT2D eigenvalue weighted by Gasteiger charge is -2.06. The number of carbonyl (C=O) groups is 1. The molecule has 140 valence electrons. The lowest BCUT2D eigenvalue weighted by atomic mass is 10.1. The lowest BCUT2D eigenvalue weighted by Crippen LogP contribution is -2.03. The minimum Gasteiger partial charge on any atom is -0.478 e. The molecule has 3 aromatic rings. The number of carboxylic acid groups (broad SMARTS) is 1. The Kier molecular flexibility index (Phi) is 6.59. The summed E-state index contributed by atoms with van der Waals surface area (Å²) >= 11 is 0. The number of nitrogens with zero attached hydrogens (tertiary/aromatic N) is 1. The van der Waals surface area contributed by atoms with Gasteiger partial charge in [-0.2, -0.15) is 8.78 Å². The number of carboxylic acids is 1. The second-order valence-corrected chi connectivity index (χ2v) is 4.54. The zero-order chi connectivity index (χ0) is 18.7. The Balaban J connectivity index is 0.00000109. The zero-order valence-corrected chi connectivity index (χ0v) is 13.2. The van der Waals surface area contributed by atoms with Crippen molar-refractivity contribution in [3.8, 4) is 5.75 Å². The summed E-state index contributed by atoms with van der Waals surface area (Å²) in [7, 11) is 0. The van der Waals surface area contributed by atoms with Crippen molar-refractivity contribution in [1.82, 2.24) is 0 Å². The van der Waals surface area contributed by atoms with E-state index in [-0.39, 0.29) is 46.4 Å². The number of aromatic carboxylic acids is 1. The molecule has 1 aromatic heterocycles. The van der Waals surface area contributed by atoms with Crippen LogP contribution in [0.1, 0.15) is 31.6 Å². The smallest absolute Gasteiger partial charge is 0.387 e. The van der Waals surface area contributed by atoms with E-state index in [1.807, 2.05) is 13.8 Å². The van der Waals surface area contributed by atoms with Gasteiger partial charge in [-0.3, -0.25) is 10.1 Å². The Labute approximate surface area is 146 Å². The van der Waals surface area contributed by atoms with Gasteiger partial charge in [-0.1, -0.05) is 21.3 Å². The van der Waals surface area contributed by atoms with Gasteiger partial charge in [0.25, 0.3) is 5.69 Å². The number of rotatable bonds is 4. The van der Waals surface area contributed by atoms with Crippen LogP contribution in [-0.4, -0.2) is 22.6 Å². The molecule has 0 atom stereocenters. The predicted molar refractivity (Wildman–Crippen MR) is 92.0 cm³/mol. The van der Waals surface area contributed by atoms with Crippen molar-refractivity contribution in [2.75, 3.05) is 0 Å². The molecular formula is C17H17F2NO6. The SMILES string of the molecule is C.CC.O=C(O)c1ccc(OC(F)F)c2oc3ccc([N+](=O)[O-])cc3c12. The van der Waals surface area contributed by atoms with Crippen molar-refractivity contribution in [1.29, 1.82) is 0 Å². The Hall–Kier alpha value is -3.23. The summed E-state index contributed by atoms with van der Waals surface area (Å²) in [5.74, 6) is -1.67. The van der Waals surface area contributed by atoms with Crippen LogP contribution in [0.2, 0.25) is 0 Å². The molecule has 0 unspecified atom stereocenters. The number of furan rings is 1. The number of nitro benzene ring substituents is 1. The molecule has 1 heterocycles. The minimum atomic E-state index is -3.13. The third kappa shape index (κ3) is 3.71. The fraction of sp³-hybridized carbons (Fsp3) is 0.235. The molecule has 0 radical (unpaired) electrons. The van der Waals surface area contributed by atoms with Crippen LogP contribution in [0.4, 0.5) is 14.5 Å². The van der Waals surface area contributed by atoms with Gasteiger partial charge in [0.15, 0.2) is 11.3 Å². The van der Waals surface area contributed by atoms with Crippen molar-refractivity contribution in [3.63, 3.8) is 0 Å². The molecule has 2 aromatic carbocycles. The standard InChI is InChI=1S/C14H7F2NO6.C2H6.CH4/c15-14(16)23-10-4-2-7(13(18)19)11-8-5-6(17(20)21)1-3-9(8)22-12(10)11;1-2;/h1-5,14H,(H,18,19);1-2H3;1H4. The van der Waals surface area contributed by atoms with E-state index < -0.39 is 17.5 Å². The maximum absolute atomic E-state index is 12.5. The number of benzene rings is 2. The Morgan fingerprint density at radius 3 is 2.46 bits per heavy atom. The van der Waals surface area contributed by atoms with Gasteiger partial charge in [-0.05, 0) is 18.2 Å². The van der Waals surface area contributed by atoms with Crippen LogP contribution in [-0.2, 0) is 0 Å². The third-order valence-electron chi connectivity index (χ3n) is 3.22. The average molecular weight is 369 g/mol. The Bertz CT molecular complexity index is 951. The number of hydrogen-bond acceptors (Lipinski definition) is 5. The first-order chi connectivity index (χ1) is 11.9. The molecular weight excluding hydrogens is 352 g/mol. The van der Waals surface area contributed by atoms with E-state index in [1.165, 1.54) is 12.1 Å². The highest BCUT2D eigenvalue weighted by molar-refractivity contribution is 6.16. The maximum Gasteiger partial charge on any atom is 0.387 e. The molecule has 0 spiro atoms. The molecule has 0 aliphatic rings. The highest BCUT2D eigenvalue weighted by Gasteiger charge is 2.22. The molecule has 3 rings (SSSR count). The van der Waals surface area contributed by atoms with Crippen LogP contribution in [0, 0.1) is 10.1 Å². The molecule has 9 heteroatoms. The summed E-state index contributed by atoms with van der Waals surface area (Å²) in [6, 6.07) is 5.69. The van der Waals surface area contributed by atoms with Crippen LogP contribution in [0.25, 0.3) is 21.9 Å². The van der Waals surface area contributed by atoms with E-state index in [0.717, 1.165) is 18.2 Å². The largest absolute Gasteiger partial charge is 0.478 e. The minimum absolute atomic E-state index is 0. The van der Waals surface area contributed by atoms with E-state index in [0.29, 0.717) is 0 Å². The first-order valence-corrected chi connectivity index (χ1v) is 7.20. The van der Waals surface area contributed by atoms with Crippen molar-refractivity contribution < 1.29 is 32.8 Å². The highest BCUT2D eigenvalue weighted by Crippen LogP contribution is 2.39. The zero-order valence-electron chi connectivity index (χ0n) is 13.2. The van der Waals surface area contributed by atoms with E-state index >= 15 is 0 Å². The van der Waals surface area contributed by atoms with Gasteiger partial charge < -0.3 is 14.3 Å². The van der Waals surface area contributed by atoms with Crippen molar-refractivity contribution in [3.05, 3.63) is 46.0 Å². The van der Waals surface area contributed by atoms with E-state index in [4.69, 9.17) is 4.42 Å². The number of non-ortho nitro benzene ring substituents is 1. The van der Waals surface area contributed by atoms with Gasteiger partial charge >= 0.3 is 12.6 Å². The molecule has 0 bridgehead atoms. The number of fused-ring (bicyclic) bond motifs is 3. The highest BCUT2D eigenvalue weighted by atomic mass is 19.3. The molecule has 0 amide bonds. The molecule has 7 nitrogen and oxygen atoms in total. The van der Waals surface area contributed by atoms with Crippen molar-refractivity contribution in [2.24, 2.45) is 0 Å². The number of nitro groups is 1. The molecule has 0 aliphatic heterocycles. The maximum atomic E-state index is 12.5. The fourth-order valence-electron chi connectivity index (χ4n) is 2.33. The predicted octanol–water partition coefficient (Wildman–Crippen LogP) is 5.46. The summed E-state index contributed by atoms with van der Waals surface area (Å²) in [6.07, 6.45) is 0. The summed E-state index contributed by atoms with van der Waals surface area (Å²) in [5, 5.41) is 20.2. The van der Waals surface area contributed by atoms with Gasteiger partial charge in [-0.15, -0.1) is 0 Å². The summed E-state index contributed by atoms with van der Waals surface area (Å²) in [5.41, 5.74) is -0.600.